The lowest BCUT2D eigenvalue weighted by Crippen LogP contribution is -2.57. The molecule has 6 heteroatoms. The van der Waals surface area contributed by atoms with Crippen LogP contribution in [0.4, 0.5) is 0 Å². The van der Waals surface area contributed by atoms with Gasteiger partial charge in [0, 0.05) is 11.8 Å². The van der Waals surface area contributed by atoms with Crippen molar-refractivity contribution >= 4 is 11.9 Å². The zero-order valence-electron chi connectivity index (χ0n) is 17.6. The standard InChI is InChI=1S/C22H32O6/c1-14-17(12-18(23)25-5)28-20(22(3,4)21(24)26-6)15(2)19(14)27-13-16-10-8-7-9-11-16/h7-11,14-15,17,19-20H,12-13H2,1-6H3/t14-,15+,17+,19-,20-/m0/s1. The summed E-state index contributed by atoms with van der Waals surface area (Å²) in [5, 5.41) is 0. The first kappa shape index (κ1) is 22.4. The average molecular weight is 392 g/mol. The maximum Gasteiger partial charge on any atom is 0.313 e. The van der Waals surface area contributed by atoms with Crippen LogP contribution in [0.2, 0.25) is 0 Å². The van der Waals surface area contributed by atoms with E-state index in [-0.39, 0.29) is 36.3 Å². The Kier molecular flexibility index (Phi) is 7.61. The highest BCUT2D eigenvalue weighted by molar-refractivity contribution is 5.76. The van der Waals surface area contributed by atoms with Gasteiger partial charge in [0.05, 0.1) is 51.0 Å². The number of rotatable bonds is 7. The molecule has 0 unspecified atom stereocenters. The lowest BCUT2D eigenvalue weighted by Gasteiger charge is -2.48. The van der Waals surface area contributed by atoms with Crippen molar-refractivity contribution in [3.8, 4) is 0 Å². The maximum absolute atomic E-state index is 12.4. The van der Waals surface area contributed by atoms with Gasteiger partial charge in [0.25, 0.3) is 0 Å². The number of carbonyl (C=O) groups excluding carboxylic acids is 2. The van der Waals surface area contributed by atoms with E-state index in [0.717, 1.165) is 5.56 Å². The van der Waals surface area contributed by atoms with Gasteiger partial charge >= 0.3 is 11.9 Å². The van der Waals surface area contributed by atoms with Crippen LogP contribution in [-0.2, 0) is 35.1 Å². The van der Waals surface area contributed by atoms with Crippen LogP contribution in [0.15, 0.2) is 30.3 Å². The largest absolute Gasteiger partial charge is 0.469 e. The van der Waals surface area contributed by atoms with E-state index >= 15 is 0 Å². The van der Waals surface area contributed by atoms with Crippen molar-refractivity contribution in [2.75, 3.05) is 14.2 Å². The minimum absolute atomic E-state index is 0.0393. The Bertz CT molecular complexity index is 656. The fraction of sp³-hybridized carbons (Fsp3) is 0.636. The molecule has 2 rings (SSSR count). The summed E-state index contributed by atoms with van der Waals surface area (Å²) in [6.45, 7) is 8.10. The summed E-state index contributed by atoms with van der Waals surface area (Å²) >= 11 is 0. The van der Waals surface area contributed by atoms with Gasteiger partial charge in [-0.2, -0.15) is 0 Å². The van der Waals surface area contributed by atoms with Crippen LogP contribution in [-0.4, -0.2) is 44.5 Å². The summed E-state index contributed by atoms with van der Waals surface area (Å²) in [4.78, 5) is 24.3. The third-order valence-corrected chi connectivity index (χ3v) is 5.73. The van der Waals surface area contributed by atoms with Crippen molar-refractivity contribution in [3.05, 3.63) is 35.9 Å². The minimum Gasteiger partial charge on any atom is -0.469 e. The zero-order valence-corrected chi connectivity index (χ0v) is 17.6. The van der Waals surface area contributed by atoms with Gasteiger partial charge < -0.3 is 18.9 Å². The topological polar surface area (TPSA) is 71.1 Å². The van der Waals surface area contributed by atoms with E-state index in [0.29, 0.717) is 6.61 Å². The SMILES string of the molecule is COC(=O)C[C@H]1O[C@H](C(C)(C)C(=O)OC)[C@H](C)[C@@H](OCc2ccccc2)[C@H]1C. The van der Waals surface area contributed by atoms with Crippen LogP contribution in [0.5, 0.6) is 0 Å². The second kappa shape index (κ2) is 9.52. The Hall–Kier alpha value is -1.92. The van der Waals surface area contributed by atoms with Gasteiger partial charge in [-0.15, -0.1) is 0 Å². The summed E-state index contributed by atoms with van der Waals surface area (Å²) in [6.07, 6.45) is -0.925. The summed E-state index contributed by atoms with van der Waals surface area (Å²) in [7, 11) is 2.73. The fourth-order valence-electron chi connectivity index (χ4n) is 4.06. The first-order chi connectivity index (χ1) is 13.2. The lowest BCUT2D eigenvalue weighted by atomic mass is 9.72. The summed E-state index contributed by atoms with van der Waals surface area (Å²) < 4.78 is 22.4. The molecular formula is C22H32O6. The normalized spacial score (nSPS) is 27.9. The molecule has 0 aliphatic carbocycles. The van der Waals surface area contributed by atoms with Gasteiger partial charge in [-0.1, -0.05) is 44.2 Å². The average Bonchev–Trinajstić information content (AvgIpc) is 2.69. The Morgan fingerprint density at radius 2 is 1.68 bits per heavy atom. The highest BCUT2D eigenvalue weighted by atomic mass is 16.5. The molecule has 1 aromatic carbocycles. The molecule has 28 heavy (non-hydrogen) atoms. The highest BCUT2D eigenvalue weighted by Crippen LogP contribution is 2.42. The fourth-order valence-corrected chi connectivity index (χ4v) is 4.06. The number of ether oxygens (including phenoxy) is 4. The third-order valence-electron chi connectivity index (χ3n) is 5.73. The predicted molar refractivity (Wildman–Crippen MR) is 104 cm³/mol. The molecule has 1 aromatic rings. The number of benzene rings is 1. The molecule has 1 fully saturated rings. The van der Waals surface area contributed by atoms with Crippen molar-refractivity contribution in [1.82, 2.24) is 0 Å². The second-order valence-electron chi connectivity index (χ2n) is 8.07. The summed E-state index contributed by atoms with van der Waals surface area (Å²) in [5.41, 5.74) is 0.193. The van der Waals surface area contributed by atoms with Crippen LogP contribution in [0, 0.1) is 17.3 Å². The summed E-state index contributed by atoms with van der Waals surface area (Å²) in [5.74, 6) is -0.801. The van der Waals surface area contributed by atoms with Crippen molar-refractivity contribution in [3.63, 3.8) is 0 Å². The Morgan fingerprint density at radius 3 is 2.25 bits per heavy atom. The van der Waals surface area contributed by atoms with Gasteiger partial charge in [0.1, 0.15) is 0 Å². The molecular weight excluding hydrogens is 360 g/mol. The smallest absolute Gasteiger partial charge is 0.313 e. The first-order valence-corrected chi connectivity index (χ1v) is 9.68. The minimum atomic E-state index is -0.878. The van der Waals surface area contributed by atoms with E-state index < -0.39 is 17.6 Å². The van der Waals surface area contributed by atoms with Gasteiger partial charge in [0.15, 0.2) is 0 Å². The molecule has 0 N–H and O–H groups in total. The molecule has 6 nitrogen and oxygen atoms in total. The van der Waals surface area contributed by atoms with E-state index in [1.807, 2.05) is 44.2 Å². The number of hydrogen-bond acceptors (Lipinski definition) is 6. The van der Waals surface area contributed by atoms with E-state index in [2.05, 4.69) is 0 Å². The maximum atomic E-state index is 12.4. The molecule has 156 valence electrons. The molecule has 1 saturated heterocycles. The molecule has 1 aliphatic rings. The zero-order chi connectivity index (χ0) is 20.9. The predicted octanol–water partition coefficient (Wildman–Crippen LogP) is 3.37. The lowest BCUT2D eigenvalue weighted by molar-refractivity contribution is -0.221. The van der Waals surface area contributed by atoms with E-state index in [1.165, 1.54) is 14.2 Å². The molecule has 0 spiro atoms. The molecule has 5 atom stereocenters. The molecule has 1 aliphatic heterocycles. The van der Waals surface area contributed by atoms with Crippen molar-refractivity contribution in [1.29, 1.82) is 0 Å². The highest BCUT2D eigenvalue weighted by Gasteiger charge is 2.51. The van der Waals surface area contributed by atoms with Crippen molar-refractivity contribution in [2.24, 2.45) is 17.3 Å². The first-order valence-electron chi connectivity index (χ1n) is 9.68. The molecule has 0 saturated carbocycles. The van der Waals surface area contributed by atoms with Gasteiger partial charge in [-0.3, -0.25) is 9.59 Å². The Morgan fingerprint density at radius 1 is 1.04 bits per heavy atom. The molecule has 0 bridgehead atoms. The Labute approximate surface area is 167 Å². The molecule has 0 aromatic heterocycles. The van der Waals surface area contributed by atoms with Crippen LogP contribution in [0.3, 0.4) is 0 Å². The van der Waals surface area contributed by atoms with Gasteiger partial charge in [0.2, 0.25) is 0 Å². The van der Waals surface area contributed by atoms with E-state index in [4.69, 9.17) is 18.9 Å². The van der Waals surface area contributed by atoms with Gasteiger partial charge in [-0.25, -0.2) is 0 Å². The van der Waals surface area contributed by atoms with E-state index in [9.17, 15) is 9.59 Å². The van der Waals surface area contributed by atoms with Crippen LogP contribution in [0.1, 0.15) is 39.7 Å². The number of carbonyl (C=O) groups is 2. The number of hydrogen-bond donors (Lipinski definition) is 0. The Balaban J connectivity index is 2.26. The second-order valence-corrected chi connectivity index (χ2v) is 8.07. The quantitative estimate of drug-likeness (QED) is 0.663. The van der Waals surface area contributed by atoms with Crippen molar-refractivity contribution < 1.29 is 28.5 Å². The number of methoxy groups -OCH3 is 2. The molecule has 0 radical (unpaired) electrons. The van der Waals surface area contributed by atoms with Crippen molar-refractivity contribution in [2.45, 2.75) is 59.0 Å². The van der Waals surface area contributed by atoms with E-state index in [1.54, 1.807) is 13.8 Å². The van der Waals surface area contributed by atoms with Crippen LogP contribution in [0.25, 0.3) is 0 Å². The molecule has 0 amide bonds. The monoisotopic (exact) mass is 392 g/mol. The van der Waals surface area contributed by atoms with Crippen LogP contribution >= 0.6 is 0 Å². The molecule has 1 heterocycles. The van der Waals surface area contributed by atoms with Crippen LogP contribution < -0.4 is 0 Å². The third kappa shape index (κ3) is 4.92. The van der Waals surface area contributed by atoms with Gasteiger partial charge in [-0.05, 0) is 19.4 Å². The summed E-state index contributed by atoms with van der Waals surface area (Å²) in [6, 6.07) is 9.93. The number of esters is 2.